The van der Waals surface area contributed by atoms with Crippen molar-refractivity contribution >= 4 is 33.0 Å². The molecule has 4 nitrogen and oxygen atoms in total. The average molecular weight is 359 g/mol. The molecular formula is C15H19ClN2O2S2. The zero-order valence-electron chi connectivity index (χ0n) is 12.6. The third-order valence-corrected chi connectivity index (χ3v) is 6.59. The molecule has 0 bridgehead atoms. The van der Waals surface area contributed by atoms with Crippen LogP contribution in [0, 0.1) is 0 Å². The Hall–Kier alpha value is -0.920. The highest BCUT2D eigenvalue weighted by molar-refractivity contribution is 7.91. The van der Waals surface area contributed by atoms with E-state index in [4.69, 9.17) is 11.6 Å². The molecule has 0 saturated heterocycles. The molecule has 0 aliphatic rings. The number of hydrogen-bond acceptors (Lipinski definition) is 4. The van der Waals surface area contributed by atoms with Crippen LogP contribution in [0.3, 0.4) is 0 Å². The van der Waals surface area contributed by atoms with Gasteiger partial charge in [-0.3, -0.25) is 0 Å². The molecule has 0 fully saturated rings. The maximum absolute atomic E-state index is 12.8. The van der Waals surface area contributed by atoms with Crippen LogP contribution in [0.5, 0.6) is 0 Å². The molecular weight excluding hydrogens is 340 g/mol. The van der Waals surface area contributed by atoms with Gasteiger partial charge < -0.3 is 4.90 Å². The summed E-state index contributed by atoms with van der Waals surface area (Å²) in [4.78, 5) is 1.97. The summed E-state index contributed by atoms with van der Waals surface area (Å²) in [5, 5.41) is 2.38. The van der Waals surface area contributed by atoms with Crippen molar-refractivity contribution in [1.29, 1.82) is 0 Å². The molecule has 0 saturated carbocycles. The van der Waals surface area contributed by atoms with Gasteiger partial charge in [-0.05, 0) is 43.2 Å². The number of nitrogens with zero attached hydrogens (tertiary/aromatic N) is 2. The molecule has 1 aromatic carbocycles. The lowest BCUT2D eigenvalue weighted by Gasteiger charge is -2.23. The van der Waals surface area contributed by atoms with Gasteiger partial charge in [-0.25, -0.2) is 8.42 Å². The summed E-state index contributed by atoms with van der Waals surface area (Å²) in [6, 6.07) is 10.7. The average Bonchev–Trinajstić information content (AvgIpc) is 2.98. The Morgan fingerprint density at radius 3 is 2.50 bits per heavy atom. The Morgan fingerprint density at radius 1 is 1.14 bits per heavy atom. The van der Waals surface area contributed by atoms with E-state index in [-0.39, 0.29) is 0 Å². The number of sulfonamides is 1. The van der Waals surface area contributed by atoms with E-state index in [2.05, 4.69) is 0 Å². The molecule has 120 valence electrons. The molecule has 0 aliphatic heterocycles. The van der Waals surface area contributed by atoms with E-state index >= 15 is 0 Å². The topological polar surface area (TPSA) is 40.6 Å². The molecule has 0 unspecified atom stereocenters. The summed E-state index contributed by atoms with van der Waals surface area (Å²) in [7, 11) is 0.369. The van der Waals surface area contributed by atoms with Crippen LogP contribution in [0.4, 0.5) is 0 Å². The second-order valence-corrected chi connectivity index (χ2v) is 8.75. The van der Waals surface area contributed by atoms with Crippen molar-refractivity contribution in [2.24, 2.45) is 0 Å². The molecule has 1 heterocycles. The van der Waals surface area contributed by atoms with Gasteiger partial charge in [0.05, 0.1) is 0 Å². The zero-order valence-corrected chi connectivity index (χ0v) is 15.0. The monoisotopic (exact) mass is 358 g/mol. The van der Waals surface area contributed by atoms with Gasteiger partial charge in [0.15, 0.2) is 0 Å². The zero-order chi connectivity index (χ0) is 16.2. The minimum atomic E-state index is -3.48. The van der Waals surface area contributed by atoms with Crippen molar-refractivity contribution < 1.29 is 8.42 Å². The fourth-order valence-corrected chi connectivity index (χ4v) is 4.75. The van der Waals surface area contributed by atoms with Gasteiger partial charge in [-0.1, -0.05) is 29.8 Å². The van der Waals surface area contributed by atoms with Crippen LogP contribution in [0.25, 0.3) is 0 Å². The quantitative estimate of drug-likeness (QED) is 0.763. The van der Waals surface area contributed by atoms with Gasteiger partial charge in [-0.2, -0.15) is 4.31 Å². The normalized spacial score (nSPS) is 12.2. The van der Waals surface area contributed by atoms with Crippen molar-refractivity contribution in [3.8, 4) is 0 Å². The molecule has 2 rings (SSSR count). The number of likely N-dealkylation sites (N-methyl/N-ethyl adjacent to an activating group) is 1. The number of hydrogen-bond donors (Lipinski definition) is 0. The van der Waals surface area contributed by atoms with Gasteiger partial charge >= 0.3 is 0 Å². The first-order valence-electron chi connectivity index (χ1n) is 6.82. The fraction of sp³-hybridized carbons (Fsp3) is 0.333. The van der Waals surface area contributed by atoms with Crippen LogP contribution in [-0.2, 0) is 16.6 Å². The predicted molar refractivity (Wildman–Crippen MR) is 91.9 cm³/mol. The van der Waals surface area contributed by atoms with Crippen molar-refractivity contribution in [2.75, 3.05) is 27.2 Å². The van der Waals surface area contributed by atoms with Gasteiger partial charge in [0.1, 0.15) is 4.21 Å². The van der Waals surface area contributed by atoms with Crippen LogP contribution in [0.1, 0.15) is 5.56 Å². The standard InChI is InChI=1S/C15H19ClN2O2S2/c1-17(2)8-9-18(12-13-5-3-6-14(16)11-13)22(19,20)15-7-4-10-21-15/h3-7,10-11H,8-9,12H2,1-2H3. The molecule has 0 aliphatic carbocycles. The van der Waals surface area contributed by atoms with Crippen LogP contribution >= 0.6 is 22.9 Å². The first-order valence-corrected chi connectivity index (χ1v) is 9.52. The Labute approximate surface area is 141 Å². The van der Waals surface area contributed by atoms with Crippen molar-refractivity contribution in [3.05, 3.63) is 52.4 Å². The number of rotatable bonds is 7. The minimum absolute atomic E-state index is 0.314. The van der Waals surface area contributed by atoms with Gasteiger partial charge in [0.25, 0.3) is 10.0 Å². The fourth-order valence-electron chi connectivity index (χ4n) is 1.97. The lowest BCUT2D eigenvalue weighted by molar-refractivity contribution is 0.330. The molecule has 0 N–H and O–H groups in total. The first-order chi connectivity index (χ1) is 10.4. The minimum Gasteiger partial charge on any atom is -0.308 e. The smallest absolute Gasteiger partial charge is 0.252 e. The summed E-state index contributed by atoms with van der Waals surface area (Å²) in [5.41, 5.74) is 0.881. The van der Waals surface area contributed by atoms with Crippen LogP contribution in [0.2, 0.25) is 5.02 Å². The lowest BCUT2D eigenvalue weighted by Crippen LogP contribution is -2.35. The Kier molecular flexibility index (Phi) is 6.00. The van der Waals surface area contributed by atoms with E-state index in [0.717, 1.165) is 5.56 Å². The first kappa shape index (κ1) is 17.4. The maximum atomic E-state index is 12.8. The van der Waals surface area contributed by atoms with E-state index in [0.29, 0.717) is 28.9 Å². The molecule has 0 radical (unpaired) electrons. The molecule has 0 atom stereocenters. The van der Waals surface area contributed by atoms with Crippen molar-refractivity contribution in [1.82, 2.24) is 9.21 Å². The summed E-state index contributed by atoms with van der Waals surface area (Å²) in [6.07, 6.45) is 0. The van der Waals surface area contributed by atoms with Crippen LogP contribution in [0.15, 0.2) is 46.0 Å². The molecule has 2 aromatic rings. The summed E-state index contributed by atoms with van der Waals surface area (Å²) < 4.78 is 27.4. The molecule has 22 heavy (non-hydrogen) atoms. The number of halogens is 1. The Bertz CT molecular complexity index is 700. The highest BCUT2D eigenvalue weighted by Crippen LogP contribution is 2.23. The van der Waals surface area contributed by atoms with Crippen molar-refractivity contribution in [2.45, 2.75) is 10.8 Å². The molecule has 0 amide bonds. The van der Waals surface area contributed by atoms with E-state index in [1.807, 2.05) is 31.1 Å². The van der Waals surface area contributed by atoms with Gasteiger partial charge in [-0.15, -0.1) is 11.3 Å². The molecule has 1 aromatic heterocycles. The second-order valence-electron chi connectivity index (χ2n) is 5.20. The van der Waals surface area contributed by atoms with Crippen LogP contribution in [-0.4, -0.2) is 44.8 Å². The highest BCUT2D eigenvalue weighted by atomic mass is 35.5. The van der Waals surface area contributed by atoms with E-state index in [1.165, 1.54) is 15.6 Å². The third kappa shape index (κ3) is 4.54. The Balaban J connectivity index is 2.26. The third-order valence-electron chi connectivity index (χ3n) is 3.13. The highest BCUT2D eigenvalue weighted by Gasteiger charge is 2.25. The summed E-state index contributed by atoms with van der Waals surface area (Å²) >= 11 is 7.23. The maximum Gasteiger partial charge on any atom is 0.252 e. The van der Waals surface area contributed by atoms with Crippen LogP contribution < -0.4 is 0 Å². The summed E-state index contributed by atoms with van der Waals surface area (Å²) in [5.74, 6) is 0. The number of thiophene rings is 1. The second kappa shape index (κ2) is 7.57. The van der Waals surface area contributed by atoms with Gasteiger partial charge in [0, 0.05) is 24.7 Å². The largest absolute Gasteiger partial charge is 0.308 e. The SMILES string of the molecule is CN(C)CCN(Cc1cccc(Cl)c1)S(=O)(=O)c1cccs1. The molecule has 0 spiro atoms. The number of benzene rings is 1. The van der Waals surface area contributed by atoms with E-state index in [9.17, 15) is 8.42 Å². The lowest BCUT2D eigenvalue weighted by atomic mass is 10.2. The molecule has 7 heteroatoms. The van der Waals surface area contributed by atoms with Gasteiger partial charge in [0.2, 0.25) is 0 Å². The van der Waals surface area contributed by atoms with Crippen molar-refractivity contribution in [3.63, 3.8) is 0 Å². The predicted octanol–water partition coefficient (Wildman–Crippen LogP) is 3.15. The Morgan fingerprint density at radius 2 is 1.91 bits per heavy atom. The summed E-state index contributed by atoms with van der Waals surface area (Å²) in [6.45, 7) is 1.40. The van der Waals surface area contributed by atoms with E-state index in [1.54, 1.807) is 29.6 Å². The van der Waals surface area contributed by atoms with E-state index < -0.39 is 10.0 Å².